The third-order valence-corrected chi connectivity index (χ3v) is 4.14. The molecule has 1 atom stereocenters. The van der Waals surface area contributed by atoms with Gasteiger partial charge in [-0.1, -0.05) is 18.9 Å². The van der Waals surface area contributed by atoms with E-state index in [0.717, 1.165) is 23.5 Å². The fourth-order valence-corrected chi connectivity index (χ4v) is 2.78. The van der Waals surface area contributed by atoms with Crippen molar-refractivity contribution in [3.8, 4) is 0 Å². The second kappa shape index (κ2) is 10.0. The van der Waals surface area contributed by atoms with Gasteiger partial charge in [-0.3, -0.25) is 11.3 Å². The zero-order valence-electron chi connectivity index (χ0n) is 11.3. The molecule has 0 aliphatic rings. The fraction of sp³-hybridized carbons (Fsp3) is 0.467. The molecule has 1 aromatic carbocycles. The summed E-state index contributed by atoms with van der Waals surface area (Å²) in [6, 6.07) is 6.89. The lowest BCUT2D eigenvalue weighted by Crippen LogP contribution is -2.36. The smallest absolute Gasteiger partial charge is 0.123 e. The Hall–Kier alpha value is -0.840. The lowest BCUT2D eigenvalue weighted by Gasteiger charge is -2.15. The molecule has 0 heterocycles. The molecule has 0 aliphatic carbocycles. The summed E-state index contributed by atoms with van der Waals surface area (Å²) in [5, 5.41) is 0. The van der Waals surface area contributed by atoms with Crippen molar-refractivity contribution >= 4 is 11.8 Å². The van der Waals surface area contributed by atoms with Crippen molar-refractivity contribution in [3.05, 3.63) is 42.7 Å². The maximum atomic E-state index is 12.8. The predicted molar refractivity (Wildman–Crippen MR) is 81.5 cm³/mol. The molecule has 1 aromatic rings. The van der Waals surface area contributed by atoms with E-state index in [9.17, 15) is 4.39 Å². The Kier molecular flexibility index (Phi) is 8.54. The zero-order chi connectivity index (χ0) is 13.9. The lowest BCUT2D eigenvalue weighted by atomic mass is 10.1. The molecule has 106 valence electrons. The Morgan fingerprint density at radius 3 is 2.63 bits per heavy atom. The highest BCUT2D eigenvalue weighted by atomic mass is 32.2. The number of nitrogens with one attached hydrogen (secondary N) is 1. The summed E-state index contributed by atoms with van der Waals surface area (Å²) in [5.74, 6) is 6.27. The normalized spacial score (nSPS) is 12.3. The van der Waals surface area contributed by atoms with Crippen LogP contribution in [-0.4, -0.2) is 11.8 Å². The predicted octanol–water partition coefficient (Wildman–Crippen LogP) is 3.89. The summed E-state index contributed by atoms with van der Waals surface area (Å²) < 4.78 is 12.8. The highest BCUT2D eigenvalue weighted by molar-refractivity contribution is 7.99. The minimum atomic E-state index is -0.194. The average molecular weight is 282 g/mol. The molecule has 2 nitrogen and oxygen atoms in total. The number of unbranched alkanes of at least 4 members (excludes halogenated alkanes) is 3. The van der Waals surface area contributed by atoms with E-state index >= 15 is 0 Å². The number of allylic oxidation sites excluding steroid dienone is 1. The van der Waals surface area contributed by atoms with Gasteiger partial charge in [0, 0.05) is 16.7 Å². The average Bonchev–Trinajstić information content (AvgIpc) is 2.44. The molecule has 19 heavy (non-hydrogen) atoms. The van der Waals surface area contributed by atoms with E-state index in [4.69, 9.17) is 5.84 Å². The van der Waals surface area contributed by atoms with Gasteiger partial charge in [-0.25, -0.2) is 4.39 Å². The molecule has 4 heteroatoms. The van der Waals surface area contributed by atoms with Crippen LogP contribution in [0.3, 0.4) is 0 Å². The van der Waals surface area contributed by atoms with Crippen LogP contribution in [0.1, 0.15) is 32.1 Å². The SMILES string of the molecule is C=CCCCCCC(CSc1ccc(F)cc1)NN. The molecule has 0 aliphatic heterocycles. The molecule has 1 rings (SSSR count). The maximum Gasteiger partial charge on any atom is 0.123 e. The van der Waals surface area contributed by atoms with Crippen LogP contribution in [0.4, 0.5) is 4.39 Å². The molecule has 3 N–H and O–H groups in total. The molecule has 0 fully saturated rings. The van der Waals surface area contributed by atoms with Crippen LogP contribution in [-0.2, 0) is 0 Å². The fourth-order valence-electron chi connectivity index (χ4n) is 1.80. The molecule has 0 radical (unpaired) electrons. The molecule has 0 bridgehead atoms. The van der Waals surface area contributed by atoms with Crippen LogP contribution in [0.5, 0.6) is 0 Å². The van der Waals surface area contributed by atoms with Gasteiger partial charge in [0.25, 0.3) is 0 Å². The molecule has 0 saturated carbocycles. The van der Waals surface area contributed by atoms with Gasteiger partial charge in [-0.05, 0) is 43.5 Å². The number of halogens is 1. The molecule has 1 unspecified atom stereocenters. The van der Waals surface area contributed by atoms with Crippen molar-refractivity contribution < 1.29 is 4.39 Å². The highest BCUT2D eigenvalue weighted by Crippen LogP contribution is 2.20. The van der Waals surface area contributed by atoms with E-state index in [2.05, 4.69) is 12.0 Å². The maximum absolute atomic E-state index is 12.8. The Balaban J connectivity index is 2.20. The van der Waals surface area contributed by atoms with Crippen molar-refractivity contribution in [2.75, 3.05) is 5.75 Å². The van der Waals surface area contributed by atoms with Gasteiger partial charge in [0.05, 0.1) is 0 Å². The number of nitrogens with two attached hydrogens (primary N) is 1. The van der Waals surface area contributed by atoms with Crippen LogP contribution < -0.4 is 11.3 Å². The number of hydrogen-bond acceptors (Lipinski definition) is 3. The van der Waals surface area contributed by atoms with Gasteiger partial charge in [0.15, 0.2) is 0 Å². The second-order valence-corrected chi connectivity index (χ2v) is 5.65. The number of hydrazine groups is 1. The summed E-state index contributed by atoms with van der Waals surface area (Å²) in [5.41, 5.74) is 2.86. The van der Waals surface area contributed by atoms with Crippen LogP contribution in [0.2, 0.25) is 0 Å². The molecular formula is C15H23FN2S. The van der Waals surface area contributed by atoms with E-state index < -0.39 is 0 Å². The quantitative estimate of drug-likeness (QED) is 0.225. The summed E-state index contributed by atoms with van der Waals surface area (Å²) in [4.78, 5) is 1.08. The summed E-state index contributed by atoms with van der Waals surface area (Å²) in [6.07, 6.45) is 7.71. The first-order valence-corrected chi connectivity index (χ1v) is 7.70. The van der Waals surface area contributed by atoms with Crippen LogP contribution in [0.25, 0.3) is 0 Å². The zero-order valence-corrected chi connectivity index (χ0v) is 12.1. The first kappa shape index (κ1) is 16.2. The van der Waals surface area contributed by atoms with E-state index in [1.165, 1.54) is 31.4 Å². The van der Waals surface area contributed by atoms with Crippen molar-refractivity contribution in [3.63, 3.8) is 0 Å². The molecule has 0 saturated heterocycles. The van der Waals surface area contributed by atoms with Crippen LogP contribution in [0, 0.1) is 5.82 Å². The van der Waals surface area contributed by atoms with E-state index in [1.807, 2.05) is 6.08 Å². The van der Waals surface area contributed by atoms with Crippen molar-refractivity contribution in [1.29, 1.82) is 0 Å². The number of benzene rings is 1. The molecular weight excluding hydrogens is 259 g/mol. The standard InChI is InChI=1S/C15H23FN2S/c1-2-3-4-5-6-7-14(18-17)12-19-15-10-8-13(16)9-11-15/h2,8-11,14,18H,1,3-7,12,17H2. The van der Waals surface area contributed by atoms with Crippen molar-refractivity contribution in [2.24, 2.45) is 5.84 Å². The monoisotopic (exact) mass is 282 g/mol. The van der Waals surface area contributed by atoms with Gasteiger partial charge in [-0.2, -0.15) is 0 Å². The third kappa shape index (κ3) is 7.35. The first-order valence-electron chi connectivity index (χ1n) is 6.71. The van der Waals surface area contributed by atoms with Gasteiger partial charge < -0.3 is 0 Å². The Morgan fingerprint density at radius 1 is 1.26 bits per heavy atom. The first-order chi connectivity index (χ1) is 9.26. The second-order valence-electron chi connectivity index (χ2n) is 4.56. The summed E-state index contributed by atoms with van der Waals surface area (Å²) >= 11 is 1.70. The van der Waals surface area contributed by atoms with Gasteiger partial charge in [0.2, 0.25) is 0 Å². The minimum Gasteiger partial charge on any atom is -0.271 e. The van der Waals surface area contributed by atoms with E-state index in [0.29, 0.717) is 6.04 Å². The van der Waals surface area contributed by atoms with Crippen LogP contribution >= 0.6 is 11.8 Å². The Morgan fingerprint density at radius 2 is 2.00 bits per heavy atom. The largest absolute Gasteiger partial charge is 0.271 e. The van der Waals surface area contributed by atoms with Gasteiger partial charge >= 0.3 is 0 Å². The minimum absolute atomic E-state index is 0.194. The van der Waals surface area contributed by atoms with Crippen LogP contribution in [0.15, 0.2) is 41.8 Å². The van der Waals surface area contributed by atoms with E-state index in [-0.39, 0.29) is 5.82 Å². The Bertz CT molecular complexity index is 354. The Labute approximate surface area is 119 Å². The van der Waals surface area contributed by atoms with Gasteiger partial charge in [0.1, 0.15) is 5.82 Å². The number of rotatable bonds is 10. The summed E-state index contributed by atoms with van der Waals surface area (Å²) in [6.45, 7) is 3.72. The van der Waals surface area contributed by atoms with E-state index in [1.54, 1.807) is 23.9 Å². The molecule has 0 aromatic heterocycles. The molecule has 0 spiro atoms. The molecule has 0 amide bonds. The summed E-state index contributed by atoms with van der Waals surface area (Å²) in [7, 11) is 0. The van der Waals surface area contributed by atoms with Gasteiger partial charge in [-0.15, -0.1) is 18.3 Å². The van der Waals surface area contributed by atoms with Crippen molar-refractivity contribution in [2.45, 2.75) is 43.0 Å². The highest BCUT2D eigenvalue weighted by Gasteiger charge is 2.07. The number of hydrogen-bond donors (Lipinski definition) is 2. The van der Waals surface area contributed by atoms with Crippen molar-refractivity contribution in [1.82, 2.24) is 5.43 Å². The number of thioether (sulfide) groups is 1. The third-order valence-electron chi connectivity index (χ3n) is 2.96. The lowest BCUT2D eigenvalue weighted by molar-refractivity contribution is 0.503. The topological polar surface area (TPSA) is 38.0 Å².